The van der Waals surface area contributed by atoms with Gasteiger partial charge in [-0.1, -0.05) is 49.6 Å². The highest BCUT2D eigenvalue weighted by Crippen LogP contribution is 2.48. The minimum absolute atomic E-state index is 0.164. The van der Waals surface area contributed by atoms with Gasteiger partial charge in [-0.2, -0.15) is 0 Å². The van der Waals surface area contributed by atoms with Crippen molar-refractivity contribution in [3.05, 3.63) is 95.0 Å². The maximum absolute atomic E-state index is 13.9. The third-order valence-electron chi connectivity index (χ3n) is 8.86. The molecule has 0 saturated carbocycles. The number of hydrogen-bond donors (Lipinski definition) is 4. The number of benzene rings is 2. The summed E-state index contributed by atoms with van der Waals surface area (Å²) in [5, 5.41) is 34.8. The molecule has 0 bridgehead atoms. The second kappa shape index (κ2) is 14.2. The van der Waals surface area contributed by atoms with Gasteiger partial charge in [0.2, 0.25) is 11.8 Å². The van der Waals surface area contributed by atoms with E-state index in [1.807, 2.05) is 61.5 Å². The van der Waals surface area contributed by atoms with Gasteiger partial charge in [0.15, 0.2) is 0 Å². The van der Waals surface area contributed by atoms with Gasteiger partial charge >= 0.3 is 0 Å². The number of carbonyl (C=O) groups is 2. The van der Waals surface area contributed by atoms with Crippen LogP contribution in [0, 0.1) is 17.8 Å². The number of nitrogens with one attached hydrogen (secondary N) is 1. The number of allylic oxidation sites excluding steroid dienone is 2. The largest absolute Gasteiger partial charge is 0.459 e. The fourth-order valence-electron chi connectivity index (χ4n) is 6.72. The molecule has 232 valence electrons. The lowest BCUT2D eigenvalue weighted by Gasteiger charge is -2.36. The summed E-state index contributed by atoms with van der Waals surface area (Å²) < 4.78 is 5.61. The summed E-state index contributed by atoms with van der Waals surface area (Å²) in [4.78, 5) is 28.9. The molecular weight excluding hydrogens is 556 g/mol. The first-order valence-corrected chi connectivity index (χ1v) is 15.6. The van der Waals surface area contributed by atoms with Crippen molar-refractivity contribution in [3.63, 3.8) is 0 Å². The molecule has 8 heteroatoms. The van der Waals surface area contributed by atoms with E-state index in [1.54, 1.807) is 18.2 Å². The van der Waals surface area contributed by atoms with E-state index in [-0.39, 0.29) is 25.0 Å². The highest BCUT2D eigenvalue weighted by Gasteiger charge is 2.55. The normalized spacial score (nSPS) is 21.2. The molecule has 1 aromatic heterocycles. The van der Waals surface area contributed by atoms with E-state index in [1.165, 1.54) is 4.90 Å². The van der Waals surface area contributed by atoms with Gasteiger partial charge < -0.3 is 25.1 Å². The number of carbonyl (C=O) groups excluding carboxylic acids is 2. The molecular formula is C36H42N2O6. The molecule has 1 saturated heterocycles. The van der Waals surface area contributed by atoms with Gasteiger partial charge in [0, 0.05) is 17.3 Å². The molecule has 1 aliphatic heterocycles. The maximum atomic E-state index is 13.9. The first-order chi connectivity index (χ1) is 21.4. The Morgan fingerprint density at radius 3 is 2.36 bits per heavy atom. The number of aliphatic hydroxyl groups is 3. The zero-order valence-corrected chi connectivity index (χ0v) is 25.4. The fraction of sp³-hybridized carbons (Fsp3) is 0.389. The van der Waals surface area contributed by atoms with Gasteiger partial charge in [-0.05, 0) is 92.3 Å². The number of para-hydroxylation sites is 1. The molecule has 0 spiro atoms. The van der Waals surface area contributed by atoms with Gasteiger partial charge in [-0.15, -0.1) is 0 Å². The van der Waals surface area contributed by atoms with Crippen LogP contribution in [0.5, 0.6) is 0 Å². The monoisotopic (exact) mass is 598 g/mol. The Balaban J connectivity index is 1.35. The lowest BCUT2D eigenvalue weighted by molar-refractivity contribution is -0.123. The zero-order valence-electron chi connectivity index (χ0n) is 25.4. The summed E-state index contributed by atoms with van der Waals surface area (Å²) in [5.74, 6) is -1.34. The van der Waals surface area contributed by atoms with Crippen molar-refractivity contribution in [2.45, 2.75) is 65.1 Å². The number of rotatable bonds is 13. The number of furan rings is 1. The summed E-state index contributed by atoms with van der Waals surface area (Å²) in [6, 6.07) is 20.5. The second-order valence-corrected chi connectivity index (χ2v) is 11.7. The first kappa shape index (κ1) is 31.4. The van der Waals surface area contributed by atoms with Crippen molar-refractivity contribution in [2.75, 3.05) is 16.8 Å². The maximum Gasteiger partial charge on any atom is 0.238 e. The smallest absolute Gasteiger partial charge is 0.238 e. The quantitative estimate of drug-likeness (QED) is 0.133. The van der Waals surface area contributed by atoms with Gasteiger partial charge in [-0.3, -0.25) is 14.5 Å². The summed E-state index contributed by atoms with van der Waals surface area (Å²) >= 11 is 0. The average Bonchev–Trinajstić information content (AvgIpc) is 3.60. The van der Waals surface area contributed by atoms with E-state index < -0.39 is 23.9 Å². The Labute approximate surface area is 258 Å². The molecule has 0 radical (unpaired) electrons. The standard InChI is InChI=1S/C36H42N2O6/c1-3-8-24-20-30-34(31(22-40)33(24)32(41)18-11-23(4-2)19-28-16-17-29(21-39)44-28)36(43)38(35(30)42)27-14-12-26(13-15-27)37-25-9-6-5-7-10-25/h5-7,9-10,12-17,19,30-32,34,37,39-41H,3-4,8,11,18,20-22H2,1-2H3/b23-19+/t30-,31+,32-,34-/m1/s1. The lowest BCUT2D eigenvalue weighted by atomic mass is 9.67. The van der Waals surface area contributed by atoms with E-state index in [0.29, 0.717) is 42.9 Å². The van der Waals surface area contributed by atoms with Crippen LogP contribution < -0.4 is 10.2 Å². The SMILES string of the molecule is CCCC1=C([C@H](O)CC/C(=C/c2ccc(CO)o2)CC)[C@H](CO)[C@@H]2C(=O)N(c3ccc(Nc4ccccc4)cc3)C(=O)[C@@H]2C1. The van der Waals surface area contributed by atoms with Crippen LogP contribution in [-0.4, -0.2) is 39.8 Å². The highest BCUT2D eigenvalue weighted by molar-refractivity contribution is 6.22. The van der Waals surface area contributed by atoms with Crippen molar-refractivity contribution in [1.29, 1.82) is 0 Å². The molecule has 44 heavy (non-hydrogen) atoms. The molecule has 1 fully saturated rings. The Morgan fingerprint density at radius 2 is 1.73 bits per heavy atom. The summed E-state index contributed by atoms with van der Waals surface area (Å²) in [6.07, 6.45) is 4.80. The van der Waals surface area contributed by atoms with E-state index in [2.05, 4.69) is 12.2 Å². The molecule has 4 atom stereocenters. The minimum Gasteiger partial charge on any atom is -0.459 e. The topological polar surface area (TPSA) is 123 Å². The number of anilines is 3. The Hall–Kier alpha value is -3.98. The van der Waals surface area contributed by atoms with Crippen molar-refractivity contribution < 1.29 is 29.3 Å². The van der Waals surface area contributed by atoms with E-state index in [0.717, 1.165) is 40.9 Å². The van der Waals surface area contributed by atoms with E-state index >= 15 is 0 Å². The molecule has 1 aliphatic carbocycles. The van der Waals surface area contributed by atoms with E-state index in [9.17, 15) is 24.9 Å². The van der Waals surface area contributed by atoms with Crippen LogP contribution in [-0.2, 0) is 16.2 Å². The third kappa shape index (κ3) is 6.58. The molecule has 2 heterocycles. The molecule has 4 N–H and O–H groups in total. The number of nitrogens with zero attached hydrogens (tertiary/aromatic N) is 1. The van der Waals surface area contributed by atoms with Crippen molar-refractivity contribution in [2.24, 2.45) is 17.8 Å². The molecule has 2 amide bonds. The van der Waals surface area contributed by atoms with Gasteiger partial charge in [-0.25, -0.2) is 0 Å². The molecule has 2 aliphatic rings. The van der Waals surface area contributed by atoms with Crippen LogP contribution >= 0.6 is 0 Å². The molecule has 0 unspecified atom stereocenters. The van der Waals surface area contributed by atoms with Crippen LogP contribution in [0.2, 0.25) is 0 Å². The zero-order chi connectivity index (χ0) is 31.2. The number of amides is 2. The van der Waals surface area contributed by atoms with Crippen molar-refractivity contribution in [3.8, 4) is 0 Å². The average molecular weight is 599 g/mol. The van der Waals surface area contributed by atoms with Crippen LogP contribution in [0.4, 0.5) is 17.1 Å². The van der Waals surface area contributed by atoms with Crippen LogP contribution in [0.25, 0.3) is 6.08 Å². The fourth-order valence-corrected chi connectivity index (χ4v) is 6.72. The van der Waals surface area contributed by atoms with Crippen LogP contribution in [0.1, 0.15) is 63.9 Å². The molecule has 2 aromatic carbocycles. The van der Waals surface area contributed by atoms with Crippen LogP contribution in [0.15, 0.2) is 87.9 Å². The Bertz CT molecular complexity index is 1510. The van der Waals surface area contributed by atoms with Crippen molar-refractivity contribution >= 4 is 35.0 Å². The van der Waals surface area contributed by atoms with Crippen molar-refractivity contribution in [1.82, 2.24) is 0 Å². The molecule has 5 rings (SSSR count). The molecule has 3 aromatic rings. The van der Waals surface area contributed by atoms with Gasteiger partial charge in [0.1, 0.15) is 18.1 Å². The van der Waals surface area contributed by atoms with Gasteiger partial charge in [0.05, 0.1) is 30.2 Å². The second-order valence-electron chi connectivity index (χ2n) is 11.7. The number of hydrogen-bond acceptors (Lipinski definition) is 7. The van der Waals surface area contributed by atoms with Crippen LogP contribution in [0.3, 0.4) is 0 Å². The Kier molecular flexibility index (Phi) is 10.1. The van der Waals surface area contributed by atoms with Gasteiger partial charge in [0.25, 0.3) is 0 Å². The number of imide groups is 1. The Morgan fingerprint density at radius 1 is 1.00 bits per heavy atom. The summed E-state index contributed by atoms with van der Waals surface area (Å²) in [6.45, 7) is 3.61. The summed E-state index contributed by atoms with van der Waals surface area (Å²) in [7, 11) is 0. The highest BCUT2D eigenvalue weighted by atomic mass is 16.4. The summed E-state index contributed by atoms with van der Waals surface area (Å²) in [5.41, 5.74) is 5.05. The molecule has 8 nitrogen and oxygen atoms in total. The number of fused-ring (bicyclic) bond motifs is 1. The predicted molar refractivity (Wildman–Crippen MR) is 171 cm³/mol. The lowest BCUT2D eigenvalue weighted by Crippen LogP contribution is -2.39. The predicted octanol–water partition coefficient (Wildman–Crippen LogP) is 6.36. The van der Waals surface area contributed by atoms with E-state index in [4.69, 9.17) is 4.42 Å². The first-order valence-electron chi connectivity index (χ1n) is 15.6. The third-order valence-corrected chi connectivity index (χ3v) is 8.86. The number of aliphatic hydroxyl groups excluding tert-OH is 3. The minimum atomic E-state index is -0.852.